The number of carboxylic acids is 1. The van der Waals surface area contributed by atoms with Gasteiger partial charge in [0.1, 0.15) is 0 Å². The Bertz CT molecular complexity index is 571. The molecule has 1 aromatic rings. The van der Waals surface area contributed by atoms with Crippen LogP contribution in [0.25, 0.3) is 0 Å². The Morgan fingerprint density at radius 3 is 3.00 bits per heavy atom. The van der Waals surface area contributed by atoms with Gasteiger partial charge in [0.15, 0.2) is 0 Å². The van der Waals surface area contributed by atoms with Crippen LogP contribution < -0.4 is 4.72 Å². The van der Waals surface area contributed by atoms with E-state index in [-0.39, 0.29) is 12.6 Å². The Labute approximate surface area is 129 Å². The maximum absolute atomic E-state index is 12.3. The number of hydrogen-bond acceptors (Lipinski definition) is 4. The van der Waals surface area contributed by atoms with Crippen LogP contribution in [0.15, 0.2) is 17.5 Å². The van der Waals surface area contributed by atoms with E-state index in [4.69, 9.17) is 5.11 Å². The summed E-state index contributed by atoms with van der Waals surface area (Å²) in [4.78, 5) is 12.1. The molecular formula is C13H20N2O4S2. The van der Waals surface area contributed by atoms with Gasteiger partial charge in [0.05, 0.1) is 5.92 Å². The molecule has 0 aromatic carbocycles. The van der Waals surface area contributed by atoms with Gasteiger partial charge < -0.3 is 5.11 Å². The molecule has 2 rings (SSSR count). The summed E-state index contributed by atoms with van der Waals surface area (Å²) in [6, 6.07) is 3.68. The SMILES string of the molecule is CC(Cc1cccs1)NS(=O)(=O)N1CCCC(C(=O)O)C1. The zero-order valence-electron chi connectivity index (χ0n) is 11.9. The van der Waals surface area contributed by atoms with Gasteiger partial charge in [0.25, 0.3) is 10.2 Å². The van der Waals surface area contributed by atoms with Crippen molar-refractivity contribution in [3.8, 4) is 0 Å². The lowest BCUT2D eigenvalue weighted by Gasteiger charge is -2.30. The van der Waals surface area contributed by atoms with Crippen molar-refractivity contribution in [1.82, 2.24) is 9.03 Å². The third-order valence-electron chi connectivity index (χ3n) is 3.51. The zero-order chi connectivity index (χ0) is 15.5. The second-order valence-corrected chi connectivity index (χ2v) is 8.08. The van der Waals surface area contributed by atoms with E-state index in [1.165, 1.54) is 4.31 Å². The van der Waals surface area contributed by atoms with Gasteiger partial charge in [-0.25, -0.2) is 0 Å². The normalized spacial score (nSPS) is 22.0. The number of hydrogen-bond donors (Lipinski definition) is 2. The first kappa shape index (κ1) is 16.4. The number of nitrogens with one attached hydrogen (secondary N) is 1. The van der Waals surface area contributed by atoms with Gasteiger partial charge >= 0.3 is 5.97 Å². The summed E-state index contributed by atoms with van der Waals surface area (Å²) in [6.07, 6.45) is 1.75. The average molecular weight is 332 g/mol. The van der Waals surface area contributed by atoms with Crippen LogP contribution >= 0.6 is 11.3 Å². The zero-order valence-corrected chi connectivity index (χ0v) is 13.5. The smallest absolute Gasteiger partial charge is 0.307 e. The monoisotopic (exact) mass is 332 g/mol. The molecule has 0 amide bonds. The van der Waals surface area contributed by atoms with Crippen LogP contribution in [0.4, 0.5) is 0 Å². The topological polar surface area (TPSA) is 86.7 Å². The lowest BCUT2D eigenvalue weighted by molar-refractivity contribution is -0.142. The van der Waals surface area contributed by atoms with E-state index >= 15 is 0 Å². The third kappa shape index (κ3) is 4.50. The van der Waals surface area contributed by atoms with Crippen molar-refractivity contribution in [2.75, 3.05) is 13.1 Å². The number of nitrogens with zero attached hydrogens (tertiary/aromatic N) is 1. The molecule has 21 heavy (non-hydrogen) atoms. The summed E-state index contributed by atoms with van der Waals surface area (Å²) in [5.41, 5.74) is 0. The first-order chi connectivity index (χ1) is 9.88. The number of aliphatic carboxylic acids is 1. The minimum Gasteiger partial charge on any atom is -0.481 e. The lowest BCUT2D eigenvalue weighted by Crippen LogP contribution is -2.49. The van der Waals surface area contributed by atoms with Crippen molar-refractivity contribution in [2.24, 2.45) is 5.92 Å². The number of piperidine rings is 1. The standard InChI is InChI=1S/C13H20N2O4S2/c1-10(8-12-5-3-7-20-12)14-21(18,19)15-6-2-4-11(9-15)13(16)17/h3,5,7,10-11,14H,2,4,6,8-9H2,1H3,(H,16,17). The molecule has 1 aromatic heterocycles. The van der Waals surface area contributed by atoms with Crippen molar-refractivity contribution in [3.05, 3.63) is 22.4 Å². The van der Waals surface area contributed by atoms with Gasteiger partial charge in [-0.3, -0.25) is 4.79 Å². The van der Waals surface area contributed by atoms with Crippen molar-refractivity contribution >= 4 is 27.5 Å². The van der Waals surface area contributed by atoms with E-state index in [0.717, 1.165) is 4.88 Å². The van der Waals surface area contributed by atoms with Crippen LogP contribution in [-0.2, 0) is 21.4 Å². The van der Waals surface area contributed by atoms with E-state index in [2.05, 4.69) is 4.72 Å². The first-order valence-electron chi connectivity index (χ1n) is 6.91. The largest absolute Gasteiger partial charge is 0.481 e. The molecule has 2 atom stereocenters. The summed E-state index contributed by atoms with van der Waals surface area (Å²) < 4.78 is 28.5. The molecule has 2 N–H and O–H groups in total. The Hall–Kier alpha value is -0.960. The fraction of sp³-hybridized carbons (Fsp3) is 0.615. The van der Waals surface area contributed by atoms with Crippen molar-refractivity contribution in [3.63, 3.8) is 0 Å². The third-order valence-corrected chi connectivity index (χ3v) is 6.12. The minimum absolute atomic E-state index is 0.0520. The molecule has 0 aliphatic carbocycles. The van der Waals surface area contributed by atoms with Gasteiger partial charge in [0, 0.05) is 24.0 Å². The Balaban J connectivity index is 1.95. The average Bonchev–Trinajstić information content (AvgIpc) is 2.91. The Morgan fingerprint density at radius 2 is 2.38 bits per heavy atom. The predicted molar refractivity (Wildman–Crippen MR) is 81.5 cm³/mol. The van der Waals surface area contributed by atoms with E-state index in [0.29, 0.717) is 25.8 Å². The number of rotatable bonds is 6. The fourth-order valence-corrected chi connectivity index (χ4v) is 4.79. The van der Waals surface area contributed by atoms with Crippen molar-refractivity contribution < 1.29 is 18.3 Å². The van der Waals surface area contributed by atoms with Crippen molar-refractivity contribution in [2.45, 2.75) is 32.2 Å². The van der Waals surface area contributed by atoms with Gasteiger partial charge in [0.2, 0.25) is 0 Å². The molecule has 0 bridgehead atoms. The Kier molecular flexibility index (Phi) is 5.37. The van der Waals surface area contributed by atoms with Crippen LogP contribution in [0.3, 0.4) is 0 Å². The quantitative estimate of drug-likeness (QED) is 0.822. The molecule has 1 saturated heterocycles. The van der Waals surface area contributed by atoms with Crippen molar-refractivity contribution in [1.29, 1.82) is 0 Å². The molecule has 1 aliphatic rings. The summed E-state index contributed by atoms with van der Waals surface area (Å²) >= 11 is 1.59. The van der Waals surface area contributed by atoms with Crippen LogP contribution in [0, 0.1) is 5.92 Å². The summed E-state index contributed by atoms with van der Waals surface area (Å²) in [5.74, 6) is -1.54. The summed E-state index contributed by atoms with van der Waals surface area (Å²) in [5, 5.41) is 11.0. The minimum atomic E-state index is -3.63. The molecule has 0 radical (unpaired) electrons. The molecule has 0 saturated carbocycles. The summed E-state index contributed by atoms with van der Waals surface area (Å²) in [6.45, 7) is 2.25. The first-order valence-corrected chi connectivity index (χ1v) is 9.23. The molecule has 6 nitrogen and oxygen atoms in total. The molecular weight excluding hydrogens is 312 g/mol. The maximum atomic E-state index is 12.3. The highest BCUT2D eigenvalue weighted by Crippen LogP contribution is 2.19. The van der Waals surface area contributed by atoms with Crippen LogP contribution in [0.5, 0.6) is 0 Å². The molecule has 1 fully saturated rings. The van der Waals surface area contributed by atoms with Gasteiger partial charge in [-0.2, -0.15) is 17.4 Å². The molecule has 2 heterocycles. The number of carbonyl (C=O) groups is 1. The van der Waals surface area contributed by atoms with Crippen LogP contribution in [0.2, 0.25) is 0 Å². The fourth-order valence-electron chi connectivity index (χ4n) is 2.46. The number of thiophene rings is 1. The van der Waals surface area contributed by atoms with Crippen LogP contribution in [-0.4, -0.2) is 42.9 Å². The van der Waals surface area contributed by atoms with Gasteiger partial charge in [-0.05, 0) is 37.6 Å². The lowest BCUT2D eigenvalue weighted by atomic mass is 10.0. The molecule has 2 unspecified atom stereocenters. The van der Waals surface area contributed by atoms with E-state index < -0.39 is 22.1 Å². The highest BCUT2D eigenvalue weighted by Gasteiger charge is 2.32. The second kappa shape index (κ2) is 6.87. The highest BCUT2D eigenvalue weighted by atomic mass is 32.2. The molecule has 8 heteroatoms. The van der Waals surface area contributed by atoms with Gasteiger partial charge in [-0.15, -0.1) is 11.3 Å². The van der Waals surface area contributed by atoms with E-state index in [1.807, 2.05) is 24.4 Å². The molecule has 118 valence electrons. The number of carboxylic acid groups (broad SMARTS) is 1. The maximum Gasteiger partial charge on any atom is 0.307 e. The second-order valence-electron chi connectivity index (χ2n) is 5.34. The van der Waals surface area contributed by atoms with Gasteiger partial charge in [-0.1, -0.05) is 6.07 Å². The highest BCUT2D eigenvalue weighted by molar-refractivity contribution is 7.87. The molecule has 0 spiro atoms. The van der Waals surface area contributed by atoms with Crippen LogP contribution in [0.1, 0.15) is 24.6 Å². The molecule has 1 aliphatic heterocycles. The summed E-state index contributed by atoms with van der Waals surface area (Å²) in [7, 11) is -3.63. The van der Waals surface area contributed by atoms with E-state index in [1.54, 1.807) is 11.3 Å². The Morgan fingerprint density at radius 1 is 1.62 bits per heavy atom. The predicted octanol–water partition coefficient (Wildman–Crippen LogP) is 1.31. The van der Waals surface area contributed by atoms with E-state index in [9.17, 15) is 13.2 Å².